The summed E-state index contributed by atoms with van der Waals surface area (Å²) in [5.41, 5.74) is 6.47. The highest BCUT2D eigenvalue weighted by Crippen LogP contribution is 2.25. The van der Waals surface area contributed by atoms with E-state index in [1.54, 1.807) is 10.8 Å². The van der Waals surface area contributed by atoms with Crippen LogP contribution in [0.15, 0.2) is 47.2 Å². The van der Waals surface area contributed by atoms with Crippen molar-refractivity contribution in [2.24, 2.45) is 5.73 Å². The van der Waals surface area contributed by atoms with Crippen LogP contribution < -0.4 is 11.1 Å². The van der Waals surface area contributed by atoms with E-state index >= 15 is 0 Å². The lowest BCUT2D eigenvalue weighted by atomic mass is 10.2. The van der Waals surface area contributed by atoms with Crippen molar-refractivity contribution >= 4 is 45.5 Å². The quantitative estimate of drug-likeness (QED) is 0.616. The van der Waals surface area contributed by atoms with Gasteiger partial charge in [0.1, 0.15) is 10.0 Å². The molecule has 9 heteroatoms. The number of hydrogen-bond donors (Lipinski definition) is 2. The second-order valence-corrected chi connectivity index (χ2v) is 7.24. The number of thiazole rings is 1. The molecular weight excluding hydrogens is 386 g/mol. The zero-order valence-electron chi connectivity index (χ0n) is 14.2. The molecular formula is C18H15N3O4S2. The number of anilines is 1. The van der Waals surface area contributed by atoms with Crippen molar-refractivity contribution in [3.05, 3.63) is 58.4 Å². The first-order valence-corrected chi connectivity index (χ1v) is 9.61. The fourth-order valence-electron chi connectivity index (χ4n) is 2.17. The summed E-state index contributed by atoms with van der Waals surface area (Å²) in [6, 6.07) is 10.9. The predicted octanol–water partition coefficient (Wildman–Crippen LogP) is 3.15. The molecule has 3 N–H and O–H groups in total. The molecule has 138 valence electrons. The number of ether oxygens (including phenoxy) is 1. The molecule has 1 atom stereocenters. The largest absolute Gasteiger partial charge is 0.448 e. The molecule has 0 aliphatic rings. The second-order valence-electron chi connectivity index (χ2n) is 5.47. The molecule has 0 saturated carbocycles. The number of amides is 2. The lowest BCUT2D eigenvalue weighted by Crippen LogP contribution is -2.30. The smallest absolute Gasteiger partial charge is 0.358 e. The standard InChI is InChI=1S/C18H15N3O4S2/c1-10(15(23)21-17-12(14(19)22)7-8-26-17)25-18(24)13-9-27-16(20-13)11-5-3-2-4-6-11/h2-10H,1H3,(H2,19,22)(H,21,23)/t10-/m0/s1. The number of primary amides is 1. The van der Waals surface area contributed by atoms with Gasteiger partial charge in [0.05, 0.1) is 5.56 Å². The van der Waals surface area contributed by atoms with Crippen LogP contribution in [0.25, 0.3) is 10.6 Å². The Morgan fingerprint density at radius 3 is 2.59 bits per heavy atom. The van der Waals surface area contributed by atoms with Crippen molar-refractivity contribution in [1.29, 1.82) is 0 Å². The van der Waals surface area contributed by atoms with E-state index in [0.29, 0.717) is 10.0 Å². The number of carbonyl (C=O) groups is 3. The Morgan fingerprint density at radius 1 is 1.15 bits per heavy atom. The van der Waals surface area contributed by atoms with Gasteiger partial charge in [0.15, 0.2) is 11.8 Å². The minimum Gasteiger partial charge on any atom is -0.448 e. The van der Waals surface area contributed by atoms with Gasteiger partial charge in [-0.15, -0.1) is 22.7 Å². The third-order valence-corrected chi connectivity index (χ3v) is 5.28. The zero-order valence-corrected chi connectivity index (χ0v) is 15.8. The van der Waals surface area contributed by atoms with Gasteiger partial charge < -0.3 is 15.8 Å². The maximum Gasteiger partial charge on any atom is 0.358 e. The van der Waals surface area contributed by atoms with Gasteiger partial charge >= 0.3 is 5.97 Å². The van der Waals surface area contributed by atoms with Gasteiger partial charge in [-0.1, -0.05) is 30.3 Å². The van der Waals surface area contributed by atoms with E-state index in [1.165, 1.54) is 24.3 Å². The van der Waals surface area contributed by atoms with Crippen LogP contribution in [0.5, 0.6) is 0 Å². The molecule has 2 amide bonds. The Labute approximate surface area is 162 Å². The summed E-state index contributed by atoms with van der Waals surface area (Å²) >= 11 is 2.47. The van der Waals surface area contributed by atoms with Crippen LogP contribution in [0.3, 0.4) is 0 Å². The zero-order chi connectivity index (χ0) is 19.4. The van der Waals surface area contributed by atoms with Crippen molar-refractivity contribution in [2.75, 3.05) is 5.32 Å². The highest BCUT2D eigenvalue weighted by atomic mass is 32.1. The molecule has 1 aromatic carbocycles. The fourth-order valence-corrected chi connectivity index (χ4v) is 3.76. The van der Waals surface area contributed by atoms with E-state index in [1.807, 2.05) is 30.3 Å². The van der Waals surface area contributed by atoms with Gasteiger partial charge in [-0.3, -0.25) is 9.59 Å². The molecule has 2 heterocycles. The SMILES string of the molecule is C[C@H](OC(=O)c1csc(-c2ccccc2)n1)C(=O)Nc1sccc1C(N)=O. The van der Waals surface area contributed by atoms with Crippen molar-refractivity contribution in [2.45, 2.75) is 13.0 Å². The summed E-state index contributed by atoms with van der Waals surface area (Å²) in [6.45, 7) is 1.44. The van der Waals surface area contributed by atoms with Gasteiger partial charge in [-0.05, 0) is 18.4 Å². The van der Waals surface area contributed by atoms with Crippen LogP contribution in [-0.2, 0) is 9.53 Å². The average Bonchev–Trinajstić information content (AvgIpc) is 3.32. The van der Waals surface area contributed by atoms with Crippen LogP contribution in [0.2, 0.25) is 0 Å². The fraction of sp³-hybridized carbons (Fsp3) is 0.111. The number of rotatable bonds is 6. The molecule has 2 aromatic heterocycles. The Balaban J connectivity index is 1.63. The summed E-state index contributed by atoms with van der Waals surface area (Å²) in [7, 11) is 0. The molecule has 27 heavy (non-hydrogen) atoms. The van der Waals surface area contributed by atoms with E-state index in [9.17, 15) is 14.4 Å². The molecule has 3 rings (SSSR count). The van der Waals surface area contributed by atoms with E-state index in [0.717, 1.165) is 16.9 Å². The van der Waals surface area contributed by atoms with Crippen molar-refractivity contribution in [3.8, 4) is 10.6 Å². The maximum atomic E-state index is 12.3. The summed E-state index contributed by atoms with van der Waals surface area (Å²) in [6.07, 6.45) is -1.07. The van der Waals surface area contributed by atoms with E-state index < -0.39 is 23.9 Å². The minimum atomic E-state index is -1.07. The van der Waals surface area contributed by atoms with Gasteiger partial charge in [0.25, 0.3) is 11.8 Å². The van der Waals surface area contributed by atoms with Crippen LogP contribution >= 0.6 is 22.7 Å². The lowest BCUT2D eigenvalue weighted by Gasteiger charge is -2.12. The monoisotopic (exact) mass is 401 g/mol. The van der Waals surface area contributed by atoms with Crippen LogP contribution in [0, 0.1) is 0 Å². The van der Waals surface area contributed by atoms with Crippen LogP contribution in [0.1, 0.15) is 27.8 Å². The number of benzene rings is 1. The number of nitrogens with one attached hydrogen (secondary N) is 1. The Morgan fingerprint density at radius 2 is 1.89 bits per heavy atom. The highest BCUT2D eigenvalue weighted by Gasteiger charge is 2.22. The van der Waals surface area contributed by atoms with Gasteiger partial charge in [-0.25, -0.2) is 9.78 Å². The molecule has 0 aliphatic carbocycles. The summed E-state index contributed by atoms with van der Waals surface area (Å²) in [5, 5.41) is 6.76. The first-order chi connectivity index (χ1) is 13.0. The highest BCUT2D eigenvalue weighted by molar-refractivity contribution is 7.14. The van der Waals surface area contributed by atoms with Crippen LogP contribution in [0.4, 0.5) is 5.00 Å². The number of carbonyl (C=O) groups excluding carboxylic acids is 3. The number of thiophene rings is 1. The maximum absolute atomic E-state index is 12.3. The summed E-state index contributed by atoms with van der Waals surface area (Å²) < 4.78 is 5.18. The number of esters is 1. The number of nitrogens with zero attached hydrogens (tertiary/aromatic N) is 1. The van der Waals surface area contributed by atoms with Crippen molar-refractivity contribution in [3.63, 3.8) is 0 Å². The molecule has 0 spiro atoms. The van der Waals surface area contributed by atoms with Crippen molar-refractivity contribution < 1.29 is 19.1 Å². The lowest BCUT2D eigenvalue weighted by molar-refractivity contribution is -0.123. The Bertz CT molecular complexity index is 981. The molecule has 7 nitrogen and oxygen atoms in total. The molecule has 0 saturated heterocycles. The van der Waals surface area contributed by atoms with Gasteiger partial charge in [0, 0.05) is 10.9 Å². The number of nitrogens with two attached hydrogens (primary N) is 1. The molecule has 0 unspecified atom stereocenters. The molecule has 0 fully saturated rings. The topological polar surface area (TPSA) is 111 Å². The summed E-state index contributed by atoms with van der Waals surface area (Å²) in [5.74, 6) is -1.91. The number of hydrogen-bond acceptors (Lipinski definition) is 7. The number of aromatic nitrogens is 1. The second kappa shape index (κ2) is 8.11. The third kappa shape index (κ3) is 4.39. The van der Waals surface area contributed by atoms with E-state index in [-0.39, 0.29) is 11.3 Å². The minimum absolute atomic E-state index is 0.132. The normalized spacial score (nSPS) is 11.6. The molecule has 3 aromatic rings. The Kier molecular flexibility index (Phi) is 5.63. The molecule has 0 bridgehead atoms. The first kappa shape index (κ1) is 18.7. The molecule has 0 radical (unpaired) electrons. The predicted molar refractivity (Wildman–Crippen MR) is 104 cm³/mol. The first-order valence-electron chi connectivity index (χ1n) is 7.86. The average molecular weight is 401 g/mol. The van der Waals surface area contributed by atoms with Crippen molar-refractivity contribution in [1.82, 2.24) is 4.98 Å². The van der Waals surface area contributed by atoms with E-state index in [2.05, 4.69) is 10.3 Å². The summed E-state index contributed by atoms with van der Waals surface area (Å²) in [4.78, 5) is 40.0. The van der Waals surface area contributed by atoms with Crippen LogP contribution in [-0.4, -0.2) is 28.9 Å². The van der Waals surface area contributed by atoms with E-state index in [4.69, 9.17) is 10.5 Å². The van der Waals surface area contributed by atoms with Gasteiger partial charge in [0.2, 0.25) is 0 Å². The van der Waals surface area contributed by atoms with Gasteiger partial charge in [-0.2, -0.15) is 0 Å². The molecule has 0 aliphatic heterocycles. The third-order valence-electron chi connectivity index (χ3n) is 3.55. The Hall–Kier alpha value is -3.04.